The van der Waals surface area contributed by atoms with E-state index < -0.39 is 22.3 Å². The van der Waals surface area contributed by atoms with Crippen LogP contribution in [0.15, 0.2) is 5.11 Å². The maximum Gasteiger partial charge on any atom is 0.410 e. The van der Waals surface area contributed by atoms with Gasteiger partial charge < -0.3 is 76.0 Å². The third-order valence-electron chi connectivity index (χ3n) is 13.4. The van der Waals surface area contributed by atoms with Gasteiger partial charge in [-0.2, -0.15) is 18.3 Å². The van der Waals surface area contributed by atoms with Crippen molar-refractivity contribution in [2.45, 2.75) is 317 Å². The van der Waals surface area contributed by atoms with Crippen molar-refractivity contribution in [1.29, 1.82) is 0 Å². The molecule has 5 aliphatic heterocycles. The molecule has 5 saturated carbocycles. The van der Waals surface area contributed by atoms with Crippen LogP contribution in [0.4, 0.5) is 28.7 Å². The van der Waals surface area contributed by atoms with Crippen LogP contribution in [0, 0.1) is 27.1 Å². The summed E-state index contributed by atoms with van der Waals surface area (Å²) in [5.74, 6) is -0.111. The molecule has 0 bridgehead atoms. The number of likely N-dealkylation sites (N-methyl/N-ethyl adjacent to an activating group) is 5. The molecule has 1 unspecified atom stereocenters. The maximum absolute atomic E-state index is 10.8. The fraction of sp³-hybridized carbons (Fsp3) is 0.919. The molecular formula is C74H173FN11O16PS. The summed E-state index contributed by atoms with van der Waals surface area (Å²) in [5.41, 5.74) is 17.0. The van der Waals surface area contributed by atoms with E-state index in [0.29, 0.717) is 45.8 Å². The number of azide groups is 1. The summed E-state index contributed by atoms with van der Waals surface area (Å²) >= 11 is 0. The first kappa shape index (κ1) is 135. The Morgan fingerprint density at radius 3 is 0.846 bits per heavy atom. The number of amides is 6. The smallest absolute Gasteiger partial charge is 0.410 e. The van der Waals surface area contributed by atoms with Gasteiger partial charge >= 0.3 is 30.5 Å². The second-order valence-corrected chi connectivity index (χ2v) is 27.2. The molecule has 104 heavy (non-hydrogen) atoms. The lowest BCUT2D eigenvalue weighted by molar-refractivity contribution is -0.119. The summed E-state index contributed by atoms with van der Waals surface area (Å²) in [7, 11) is 4.75. The van der Waals surface area contributed by atoms with E-state index in [1.807, 2.05) is 138 Å². The Kier molecular flexibility index (Phi) is 103. The number of hydrogen-bond donors (Lipinski definition) is 4. The van der Waals surface area contributed by atoms with E-state index in [-0.39, 0.29) is 108 Å². The van der Waals surface area contributed by atoms with Gasteiger partial charge in [0.15, 0.2) is 0 Å². The van der Waals surface area contributed by atoms with Crippen LogP contribution >= 0.6 is 9.90 Å². The van der Waals surface area contributed by atoms with Gasteiger partial charge in [-0.1, -0.05) is 220 Å². The molecule has 10 aliphatic rings. The molecule has 9 N–H and O–H groups in total. The first-order valence-corrected chi connectivity index (χ1v) is 39.0. The number of nitrogens with zero attached hydrogens (tertiary/aromatic N) is 8. The molecule has 10 rings (SSSR count). The van der Waals surface area contributed by atoms with Crippen LogP contribution in [0.2, 0.25) is 0 Å². The summed E-state index contributed by atoms with van der Waals surface area (Å²) in [4.78, 5) is 73.8. The normalized spacial score (nSPS) is 20.3. The van der Waals surface area contributed by atoms with Gasteiger partial charge in [-0.05, 0) is 96.8 Å². The van der Waals surface area contributed by atoms with Crippen LogP contribution in [0.1, 0.15) is 286 Å². The van der Waals surface area contributed by atoms with E-state index in [9.17, 15) is 37.2 Å². The minimum absolute atomic E-state index is 0. The monoisotopic (exact) mass is 1550 g/mol. The molecule has 0 spiro atoms. The lowest BCUT2D eigenvalue weighted by Crippen LogP contribution is -2.32. The highest BCUT2D eigenvalue weighted by Crippen LogP contribution is 2.45. The first-order valence-electron chi connectivity index (χ1n) is 37.2. The highest BCUT2D eigenvalue weighted by atomic mass is 32.2. The highest BCUT2D eigenvalue weighted by Gasteiger charge is 2.34. The minimum atomic E-state index is -3.46. The summed E-state index contributed by atoms with van der Waals surface area (Å²) in [5, 5.41) is 14.4. The van der Waals surface area contributed by atoms with Gasteiger partial charge in [-0.3, -0.25) is 13.7 Å². The Hall–Kier alpha value is -4.76. The number of nitrogens with one attached hydrogen (secondary N) is 1. The molecule has 0 aromatic carbocycles. The predicted octanol–water partition coefficient (Wildman–Crippen LogP) is 18.0. The zero-order chi connectivity index (χ0) is 80.7. The number of halogens is 1. The molecule has 5 aliphatic carbocycles. The topological polar surface area (TPSA) is 382 Å². The van der Waals surface area contributed by atoms with E-state index in [4.69, 9.17) is 35.3 Å². The zero-order valence-electron chi connectivity index (χ0n) is 73.1. The number of rotatable bonds is 9. The minimum Gasteiger partial charge on any atom is -0.444 e. The molecule has 6 amide bonds. The number of ether oxygens (including phenoxy) is 5. The zero-order valence-corrected chi connectivity index (χ0v) is 75.3. The molecule has 5 heterocycles. The van der Waals surface area contributed by atoms with Gasteiger partial charge in [0.05, 0.1) is 58.7 Å². The van der Waals surface area contributed by atoms with Crippen LogP contribution in [0.25, 0.3) is 10.4 Å². The van der Waals surface area contributed by atoms with Crippen molar-refractivity contribution in [3.8, 4) is 0 Å². The third kappa shape index (κ3) is 91.4. The average molecular weight is 1560 g/mol. The highest BCUT2D eigenvalue weighted by molar-refractivity contribution is 7.86. The number of aliphatic hydroxyl groups is 1. The quantitative estimate of drug-likeness (QED) is 0.0416. The molecule has 0 aromatic heterocycles. The number of nitrogens with two attached hydrogens (primary N) is 1. The molecule has 0 aromatic rings. The molecule has 27 nitrogen and oxygen atoms in total. The second kappa shape index (κ2) is 79.3. The van der Waals surface area contributed by atoms with Crippen LogP contribution in [-0.2, 0) is 42.8 Å². The van der Waals surface area contributed by atoms with Gasteiger partial charge in [-0.15, -0.1) is 0 Å². The van der Waals surface area contributed by atoms with Crippen molar-refractivity contribution in [2.24, 2.45) is 37.9 Å². The first-order chi connectivity index (χ1) is 46.2. The van der Waals surface area contributed by atoms with E-state index in [1.165, 1.54) is 95.6 Å². The second-order valence-electron chi connectivity index (χ2n) is 25.5. The van der Waals surface area contributed by atoms with E-state index in [1.54, 1.807) is 35.2 Å². The summed E-state index contributed by atoms with van der Waals surface area (Å²) in [6.45, 7) is 67.7. The van der Waals surface area contributed by atoms with Gasteiger partial charge in [0, 0.05) is 53.6 Å². The summed E-state index contributed by atoms with van der Waals surface area (Å²) in [6.07, 6.45) is 12.3. The van der Waals surface area contributed by atoms with Crippen LogP contribution in [-0.4, -0.2) is 217 Å². The van der Waals surface area contributed by atoms with Crippen LogP contribution in [0.5, 0.6) is 0 Å². The summed E-state index contributed by atoms with van der Waals surface area (Å²) < 4.78 is 49.5. The van der Waals surface area contributed by atoms with Crippen molar-refractivity contribution in [3.05, 3.63) is 10.4 Å². The van der Waals surface area contributed by atoms with Crippen molar-refractivity contribution >= 4 is 56.4 Å². The van der Waals surface area contributed by atoms with Gasteiger partial charge in [-0.25, -0.2) is 24.0 Å². The molecular weight excluding hydrogens is 1380 g/mol. The fourth-order valence-corrected chi connectivity index (χ4v) is 5.99. The van der Waals surface area contributed by atoms with Crippen molar-refractivity contribution in [2.75, 3.05) is 107 Å². The van der Waals surface area contributed by atoms with Crippen LogP contribution in [0.3, 0.4) is 0 Å². The molecule has 0 radical (unpaired) electrons. The fourth-order valence-electron chi connectivity index (χ4n) is 5.59. The number of carbonyl (C=O) groups excluding carboxylic acids is 6. The van der Waals surface area contributed by atoms with Gasteiger partial charge in [0.25, 0.3) is 10.1 Å². The van der Waals surface area contributed by atoms with Crippen molar-refractivity contribution in [3.63, 3.8) is 0 Å². The largest absolute Gasteiger partial charge is 0.444 e. The Morgan fingerprint density at radius 2 is 0.702 bits per heavy atom. The van der Waals surface area contributed by atoms with Gasteiger partial charge in [0.2, 0.25) is 5.91 Å². The van der Waals surface area contributed by atoms with Gasteiger partial charge in [0.1, 0.15) is 37.1 Å². The summed E-state index contributed by atoms with van der Waals surface area (Å²) in [6, 6.07) is 0. The van der Waals surface area contributed by atoms with Crippen LogP contribution < -0.4 is 17.2 Å². The van der Waals surface area contributed by atoms with E-state index >= 15 is 0 Å². The predicted molar refractivity (Wildman–Crippen MR) is 442 cm³/mol. The molecule has 638 valence electrons. The number of cyclic esters (lactones) is 5. The lowest BCUT2D eigenvalue weighted by Gasteiger charge is -2.07. The Labute approximate surface area is 642 Å². The molecule has 10 fully saturated rings. The number of carbonyl (C=O) groups is 6. The van der Waals surface area contributed by atoms with E-state index in [0.717, 1.165) is 33.3 Å². The Bertz CT molecular complexity index is 2000. The number of hydrogen-bond acceptors (Lipinski definition) is 18. The van der Waals surface area contributed by atoms with Crippen molar-refractivity contribution in [1.82, 2.24) is 36.0 Å². The maximum atomic E-state index is 10.8. The standard InChI is InChI=1S/C7H12N2O3.C6H11NO5S.C5H8N4O2.C5H10N2O2.C5H9NO3.5C5H10.10C2H6.CH4.FH.H3N.H2O.H3P/c1-5(10)8-3-6-4-9(2)7(11)12-6;1-7-3-5(12-6(7)8)4-11-13(2,9)10;1-9-3-4(2-7-8-6)11-5(9)10;1-7-3-4(2-6)9-5(7)8;1-6-2-4(3-7)9-5(6)8;5*1-5(2)3-4-5;10*1-2;;;;;/h6H,3-4H2,1-2H3,(H,8,10);5H,3-4H2,1-2H3;4H,2-3H2,1H3;4H,2-3,6H2,1H3;4,7H,2-3H2,1H3;5*3-4H2,1-2H3;10*1-2H3;1H4;1H;1H3;1H2;1H3/t6-;5-;3*4-;;;;;;;;;;;;;;;;;;;;/m01001..................../s1. The molecule has 30 heteroatoms. The average Bonchev–Trinajstić information content (AvgIpc) is 1.75. The lowest BCUT2D eigenvalue weighted by atomic mass is 10.2. The SMILES string of the molecule is C.CC.CC.CC.CC.CC.CC.CC.CC.CC.CC.CC(=O)NC[C@H]1CN(C)C(=O)O1.CC1(C)CC1.CC1(C)CC1.CC1(C)CC1.CC1(C)CC1.CC1(C)CC1.CN1C[C@H](CN)OC1=O.CN1C[C@H](CN=[N+]=[N-])OC1=O.CN1C[C@H](CO)OC1=O.CN1C[C@H](COS(C)(=O)=O)OC1=O.F.N.O.P. The Balaban J connectivity index is -0.0000000638. The molecule has 5 saturated heterocycles. The Morgan fingerprint density at radius 1 is 0.500 bits per heavy atom. The third-order valence-corrected chi connectivity index (χ3v) is 14.0. The van der Waals surface area contributed by atoms with Crippen molar-refractivity contribution < 1.29 is 80.3 Å². The van der Waals surface area contributed by atoms with E-state index in [2.05, 4.69) is 93.5 Å². The molecule has 6 atom stereocenters. The number of aliphatic hydroxyl groups excluding tert-OH is 1.